The van der Waals surface area contributed by atoms with Gasteiger partial charge in [-0.25, -0.2) is 4.98 Å². The second kappa shape index (κ2) is 7.05. The molecular weight excluding hydrogens is 328 g/mol. The smallest absolute Gasteiger partial charge is 0.255 e. The molecule has 7 nitrogen and oxygen atoms in total. The lowest BCUT2D eigenvalue weighted by molar-refractivity contribution is 0.0927. The molecule has 4 rings (SSSR count). The summed E-state index contributed by atoms with van der Waals surface area (Å²) in [6.45, 7) is 6.93. The highest BCUT2D eigenvalue weighted by molar-refractivity contribution is 5.99. The SMILES string of the molecule is CC(C)c1nnc2n1C[C@H](NC(=O)c1cccnc1N1CCCC1)CC2. The summed E-state index contributed by atoms with van der Waals surface area (Å²) in [5, 5.41) is 11.8. The number of fused-ring (bicyclic) bond motifs is 1. The fourth-order valence-electron chi connectivity index (χ4n) is 3.91. The molecule has 138 valence electrons. The van der Waals surface area contributed by atoms with Crippen molar-refractivity contribution in [3.05, 3.63) is 35.5 Å². The molecule has 7 heteroatoms. The van der Waals surface area contributed by atoms with Gasteiger partial charge in [0.25, 0.3) is 5.91 Å². The number of rotatable bonds is 4. The van der Waals surface area contributed by atoms with Gasteiger partial charge in [0, 0.05) is 44.2 Å². The van der Waals surface area contributed by atoms with Crippen molar-refractivity contribution < 1.29 is 4.79 Å². The van der Waals surface area contributed by atoms with Crippen molar-refractivity contribution in [3.8, 4) is 0 Å². The Morgan fingerprint density at radius 2 is 2.08 bits per heavy atom. The first-order valence-electron chi connectivity index (χ1n) is 9.56. The fourth-order valence-corrected chi connectivity index (χ4v) is 3.91. The second-order valence-corrected chi connectivity index (χ2v) is 7.52. The summed E-state index contributed by atoms with van der Waals surface area (Å²) in [4.78, 5) is 19.6. The van der Waals surface area contributed by atoms with Crippen LogP contribution in [0.5, 0.6) is 0 Å². The molecule has 1 fully saturated rings. The van der Waals surface area contributed by atoms with Gasteiger partial charge in [-0.05, 0) is 31.4 Å². The first-order valence-corrected chi connectivity index (χ1v) is 9.56. The van der Waals surface area contributed by atoms with Crippen LogP contribution in [0, 0.1) is 0 Å². The Kier molecular flexibility index (Phi) is 4.61. The molecule has 0 spiro atoms. The van der Waals surface area contributed by atoms with E-state index in [-0.39, 0.29) is 11.9 Å². The van der Waals surface area contributed by atoms with Crippen molar-refractivity contribution >= 4 is 11.7 Å². The molecular formula is C19H26N6O. The van der Waals surface area contributed by atoms with E-state index in [1.165, 1.54) is 0 Å². The van der Waals surface area contributed by atoms with Crippen LogP contribution >= 0.6 is 0 Å². The molecule has 1 atom stereocenters. The third kappa shape index (κ3) is 3.18. The molecule has 0 bridgehead atoms. The second-order valence-electron chi connectivity index (χ2n) is 7.52. The van der Waals surface area contributed by atoms with Crippen molar-refractivity contribution in [1.29, 1.82) is 0 Å². The van der Waals surface area contributed by atoms with Gasteiger partial charge in [-0.3, -0.25) is 4.79 Å². The molecule has 2 aliphatic rings. The zero-order chi connectivity index (χ0) is 18.1. The van der Waals surface area contributed by atoms with Gasteiger partial charge in [-0.1, -0.05) is 13.8 Å². The number of aromatic nitrogens is 4. The Bertz CT molecular complexity index is 793. The van der Waals surface area contributed by atoms with Crippen LogP contribution in [0.4, 0.5) is 5.82 Å². The Labute approximate surface area is 153 Å². The number of nitrogens with zero attached hydrogens (tertiary/aromatic N) is 5. The van der Waals surface area contributed by atoms with Crippen LogP contribution in [0.2, 0.25) is 0 Å². The van der Waals surface area contributed by atoms with Crippen molar-refractivity contribution in [1.82, 2.24) is 25.1 Å². The number of amides is 1. The van der Waals surface area contributed by atoms with E-state index in [1.54, 1.807) is 6.20 Å². The van der Waals surface area contributed by atoms with Gasteiger partial charge in [0.15, 0.2) is 0 Å². The largest absolute Gasteiger partial charge is 0.356 e. The van der Waals surface area contributed by atoms with Crippen molar-refractivity contribution in [2.45, 2.75) is 58.0 Å². The van der Waals surface area contributed by atoms with Crippen LogP contribution in [0.15, 0.2) is 18.3 Å². The number of anilines is 1. The van der Waals surface area contributed by atoms with Crippen LogP contribution in [-0.2, 0) is 13.0 Å². The van der Waals surface area contributed by atoms with E-state index in [0.717, 1.165) is 62.8 Å². The molecule has 0 saturated carbocycles. The van der Waals surface area contributed by atoms with Gasteiger partial charge in [0.1, 0.15) is 17.5 Å². The molecule has 4 heterocycles. The number of carbonyl (C=O) groups is 1. The minimum Gasteiger partial charge on any atom is -0.356 e. The lowest BCUT2D eigenvalue weighted by Crippen LogP contribution is -2.42. The van der Waals surface area contributed by atoms with Crippen molar-refractivity contribution in [2.24, 2.45) is 0 Å². The highest BCUT2D eigenvalue weighted by atomic mass is 16.1. The van der Waals surface area contributed by atoms with E-state index in [1.807, 2.05) is 12.1 Å². The minimum atomic E-state index is -0.0346. The lowest BCUT2D eigenvalue weighted by Gasteiger charge is -2.27. The van der Waals surface area contributed by atoms with E-state index in [9.17, 15) is 4.79 Å². The average molecular weight is 354 g/mol. The molecule has 0 radical (unpaired) electrons. The highest BCUT2D eigenvalue weighted by Crippen LogP contribution is 2.23. The molecule has 1 N–H and O–H groups in total. The molecule has 2 aliphatic heterocycles. The molecule has 26 heavy (non-hydrogen) atoms. The predicted octanol–water partition coefficient (Wildman–Crippen LogP) is 2.14. The third-order valence-corrected chi connectivity index (χ3v) is 5.26. The normalized spacial score (nSPS) is 19.7. The minimum absolute atomic E-state index is 0.0346. The number of hydrogen-bond donors (Lipinski definition) is 1. The summed E-state index contributed by atoms with van der Waals surface area (Å²) in [6, 6.07) is 3.81. The zero-order valence-corrected chi connectivity index (χ0v) is 15.5. The van der Waals surface area contributed by atoms with Gasteiger partial charge in [0.05, 0.1) is 5.56 Å². The van der Waals surface area contributed by atoms with E-state index in [2.05, 4.69) is 43.8 Å². The monoisotopic (exact) mass is 354 g/mol. The van der Waals surface area contributed by atoms with Gasteiger partial charge >= 0.3 is 0 Å². The van der Waals surface area contributed by atoms with E-state index in [4.69, 9.17) is 0 Å². The Morgan fingerprint density at radius 3 is 2.85 bits per heavy atom. The average Bonchev–Trinajstić information content (AvgIpc) is 3.31. The molecule has 2 aromatic rings. The Morgan fingerprint density at radius 1 is 1.27 bits per heavy atom. The van der Waals surface area contributed by atoms with Crippen LogP contribution < -0.4 is 10.2 Å². The summed E-state index contributed by atoms with van der Waals surface area (Å²) >= 11 is 0. The van der Waals surface area contributed by atoms with Gasteiger partial charge in [0.2, 0.25) is 0 Å². The van der Waals surface area contributed by atoms with Gasteiger partial charge in [-0.15, -0.1) is 10.2 Å². The van der Waals surface area contributed by atoms with E-state index >= 15 is 0 Å². The van der Waals surface area contributed by atoms with Gasteiger partial charge < -0.3 is 14.8 Å². The fraction of sp³-hybridized carbons (Fsp3) is 0.579. The molecule has 2 aromatic heterocycles. The summed E-state index contributed by atoms with van der Waals surface area (Å²) in [7, 11) is 0. The first kappa shape index (κ1) is 17.0. The van der Waals surface area contributed by atoms with Crippen LogP contribution in [0.1, 0.15) is 61.0 Å². The topological polar surface area (TPSA) is 75.9 Å². The molecule has 1 amide bonds. The van der Waals surface area contributed by atoms with E-state index < -0.39 is 0 Å². The van der Waals surface area contributed by atoms with Crippen LogP contribution in [-0.4, -0.2) is 44.8 Å². The van der Waals surface area contributed by atoms with Gasteiger partial charge in [-0.2, -0.15) is 0 Å². The highest BCUT2D eigenvalue weighted by Gasteiger charge is 2.27. The molecule has 0 aliphatic carbocycles. The van der Waals surface area contributed by atoms with E-state index in [0.29, 0.717) is 11.5 Å². The summed E-state index contributed by atoms with van der Waals surface area (Å²) < 4.78 is 2.17. The maximum Gasteiger partial charge on any atom is 0.255 e. The summed E-state index contributed by atoms with van der Waals surface area (Å²) in [5.41, 5.74) is 0.674. The Hall–Kier alpha value is -2.44. The maximum atomic E-state index is 12.9. The number of pyridine rings is 1. The zero-order valence-electron chi connectivity index (χ0n) is 15.5. The number of aryl methyl sites for hydroxylation is 1. The number of hydrogen-bond acceptors (Lipinski definition) is 5. The molecule has 1 saturated heterocycles. The first-order chi connectivity index (χ1) is 12.6. The summed E-state index contributed by atoms with van der Waals surface area (Å²) in [5.74, 6) is 3.13. The summed E-state index contributed by atoms with van der Waals surface area (Å²) in [6.07, 6.45) is 5.82. The number of carbonyl (C=O) groups excluding carboxylic acids is 1. The standard InChI is InChI=1S/C19H26N6O/c1-13(2)17-23-22-16-8-7-14(12-25(16)17)21-19(26)15-6-5-9-20-18(15)24-10-3-4-11-24/h5-6,9,13-14H,3-4,7-8,10-12H2,1-2H3,(H,21,26)/t14-/m1/s1. The Balaban J connectivity index is 1.50. The maximum absolute atomic E-state index is 12.9. The predicted molar refractivity (Wildman–Crippen MR) is 99.4 cm³/mol. The quantitative estimate of drug-likeness (QED) is 0.910. The lowest BCUT2D eigenvalue weighted by atomic mass is 10.1. The third-order valence-electron chi connectivity index (χ3n) is 5.26. The van der Waals surface area contributed by atoms with Crippen LogP contribution in [0.25, 0.3) is 0 Å². The molecule has 0 unspecified atom stereocenters. The van der Waals surface area contributed by atoms with Crippen molar-refractivity contribution in [3.63, 3.8) is 0 Å². The molecule has 0 aromatic carbocycles. The number of nitrogens with one attached hydrogen (secondary N) is 1. The van der Waals surface area contributed by atoms with Crippen molar-refractivity contribution in [2.75, 3.05) is 18.0 Å². The van der Waals surface area contributed by atoms with Crippen LogP contribution in [0.3, 0.4) is 0 Å².